The SMILES string of the molecule is c1cnnc(C2CCCC2)c1. The van der Waals surface area contributed by atoms with Gasteiger partial charge in [-0.15, -0.1) is 0 Å². The van der Waals surface area contributed by atoms with Crippen molar-refractivity contribution in [2.45, 2.75) is 31.6 Å². The van der Waals surface area contributed by atoms with E-state index in [0.29, 0.717) is 5.92 Å². The summed E-state index contributed by atoms with van der Waals surface area (Å²) in [5.41, 5.74) is 1.19. The summed E-state index contributed by atoms with van der Waals surface area (Å²) in [4.78, 5) is 0. The highest BCUT2D eigenvalue weighted by molar-refractivity contribution is 5.07. The average Bonchev–Trinajstić information content (AvgIpc) is 2.58. The van der Waals surface area contributed by atoms with Gasteiger partial charge in [0.2, 0.25) is 0 Å². The van der Waals surface area contributed by atoms with Crippen LogP contribution >= 0.6 is 0 Å². The highest BCUT2D eigenvalue weighted by Gasteiger charge is 2.17. The van der Waals surface area contributed by atoms with Crippen LogP contribution < -0.4 is 0 Å². The first kappa shape index (κ1) is 6.77. The molecule has 2 rings (SSSR count). The molecule has 2 heteroatoms. The van der Waals surface area contributed by atoms with Gasteiger partial charge in [-0.3, -0.25) is 0 Å². The van der Waals surface area contributed by atoms with Crippen LogP contribution in [0.1, 0.15) is 37.3 Å². The number of aromatic nitrogens is 2. The maximum Gasteiger partial charge on any atom is 0.0661 e. The second kappa shape index (κ2) is 2.99. The van der Waals surface area contributed by atoms with Gasteiger partial charge in [0, 0.05) is 12.1 Å². The van der Waals surface area contributed by atoms with E-state index in [1.165, 1.54) is 31.4 Å². The fourth-order valence-corrected chi connectivity index (χ4v) is 1.75. The highest BCUT2D eigenvalue weighted by atomic mass is 15.1. The van der Waals surface area contributed by atoms with Crippen molar-refractivity contribution in [3.05, 3.63) is 24.0 Å². The molecule has 1 aliphatic rings. The quantitative estimate of drug-likeness (QED) is 0.609. The summed E-state index contributed by atoms with van der Waals surface area (Å²) in [6, 6.07) is 4.06. The van der Waals surface area contributed by atoms with Crippen LogP contribution in [-0.2, 0) is 0 Å². The predicted molar refractivity (Wildman–Crippen MR) is 43.2 cm³/mol. The summed E-state index contributed by atoms with van der Waals surface area (Å²) in [5.74, 6) is 0.698. The molecular formula is C9H12N2. The fraction of sp³-hybridized carbons (Fsp3) is 0.556. The average molecular weight is 148 g/mol. The van der Waals surface area contributed by atoms with E-state index in [2.05, 4.69) is 16.3 Å². The maximum absolute atomic E-state index is 4.11. The lowest BCUT2D eigenvalue weighted by atomic mass is 10.0. The number of rotatable bonds is 1. The lowest BCUT2D eigenvalue weighted by molar-refractivity contribution is 0.680. The van der Waals surface area contributed by atoms with Crippen LogP contribution in [0, 0.1) is 0 Å². The summed E-state index contributed by atoms with van der Waals surface area (Å²) in [6.45, 7) is 0. The van der Waals surface area contributed by atoms with Crippen LogP contribution in [0.2, 0.25) is 0 Å². The van der Waals surface area contributed by atoms with Crippen molar-refractivity contribution in [1.82, 2.24) is 10.2 Å². The Morgan fingerprint density at radius 3 is 2.73 bits per heavy atom. The van der Waals surface area contributed by atoms with Crippen LogP contribution in [0.25, 0.3) is 0 Å². The third-order valence-corrected chi connectivity index (χ3v) is 2.37. The molecule has 0 bridgehead atoms. The van der Waals surface area contributed by atoms with E-state index in [4.69, 9.17) is 0 Å². The molecule has 0 amide bonds. The molecule has 0 aliphatic heterocycles. The molecule has 0 N–H and O–H groups in total. The molecule has 1 saturated carbocycles. The molecule has 58 valence electrons. The smallest absolute Gasteiger partial charge is 0.0661 e. The Morgan fingerprint density at radius 2 is 2.09 bits per heavy atom. The molecule has 2 nitrogen and oxygen atoms in total. The lowest BCUT2D eigenvalue weighted by Crippen LogP contribution is -1.96. The van der Waals surface area contributed by atoms with E-state index < -0.39 is 0 Å². The van der Waals surface area contributed by atoms with Crippen LogP contribution in [0.3, 0.4) is 0 Å². The number of nitrogens with zero attached hydrogens (tertiary/aromatic N) is 2. The van der Waals surface area contributed by atoms with Crippen molar-refractivity contribution >= 4 is 0 Å². The van der Waals surface area contributed by atoms with Gasteiger partial charge in [-0.2, -0.15) is 10.2 Å². The standard InChI is InChI=1S/C9H12N2/c1-2-5-8(4-1)9-6-3-7-10-11-9/h3,6-8H,1-2,4-5H2. The van der Waals surface area contributed by atoms with Gasteiger partial charge in [0.05, 0.1) is 5.69 Å². The molecule has 1 heterocycles. The molecule has 11 heavy (non-hydrogen) atoms. The van der Waals surface area contributed by atoms with Crippen molar-refractivity contribution < 1.29 is 0 Å². The number of hydrogen-bond acceptors (Lipinski definition) is 2. The van der Waals surface area contributed by atoms with Crippen molar-refractivity contribution in [2.75, 3.05) is 0 Å². The van der Waals surface area contributed by atoms with Crippen molar-refractivity contribution in [3.63, 3.8) is 0 Å². The highest BCUT2D eigenvalue weighted by Crippen LogP contribution is 2.32. The molecule has 0 saturated heterocycles. The summed E-state index contributed by atoms with van der Waals surface area (Å²) in [5, 5.41) is 7.99. The molecule has 0 spiro atoms. The molecule has 1 fully saturated rings. The van der Waals surface area contributed by atoms with Gasteiger partial charge >= 0.3 is 0 Å². The zero-order valence-electron chi connectivity index (χ0n) is 6.53. The van der Waals surface area contributed by atoms with Crippen molar-refractivity contribution in [2.24, 2.45) is 0 Å². The first-order valence-electron chi connectivity index (χ1n) is 4.24. The van der Waals surface area contributed by atoms with Crippen LogP contribution in [0.15, 0.2) is 18.3 Å². The van der Waals surface area contributed by atoms with Gasteiger partial charge in [-0.05, 0) is 25.0 Å². The fourth-order valence-electron chi connectivity index (χ4n) is 1.75. The van der Waals surface area contributed by atoms with Gasteiger partial charge in [-0.25, -0.2) is 0 Å². The van der Waals surface area contributed by atoms with E-state index >= 15 is 0 Å². The molecule has 0 unspecified atom stereocenters. The second-order valence-corrected chi connectivity index (χ2v) is 3.13. The first-order chi connectivity index (χ1) is 5.47. The zero-order chi connectivity index (χ0) is 7.52. The van der Waals surface area contributed by atoms with Gasteiger partial charge in [0.1, 0.15) is 0 Å². The Labute approximate surface area is 66.7 Å². The lowest BCUT2D eigenvalue weighted by Gasteiger charge is -2.04. The third-order valence-electron chi connectivity index (χ3n) is 2.37. The topological polar surface area (TPSA) is 25.8 Å². The largest absolute Gasteiger partial charge is 0.159 e. The van der Waals surface area contributed by atoms with E-state index in [1.807, 2.05) is 6.07 Å². The van der Waals surface area contributed by atoms with E-state index in [9.17, 15) is 0 Å². The van der Waals surface area contributed by atoms with Crippen molar-refractivity contribution in [1.29, 1.82) is 0 Å². The summed E-state index contributed by atoms with van der Waals surface area (Å²) >= 11 is 0. The molecule has 0 radical (unpaired) electrons. The minimum absolute atomic E-state index is 0.698. The van der Waals surface area contributed by atoms with E-state index in [-0.39, 0.29) is 0 Å². The maximum atomic E-state index is 4.11. The zero-order valence-corrected chi connectivity index (χ0v) is 6.53. The molecular weight excluding hydrogens is 136 g/mol. The minimum atomic E-state index is 0.698. The summed E-state index contributed by atoms with van der Waals surface area (Å²) in [7, 11) is 0. The number of hydrogen-bond donors (Lipinski definition) is 0. The Kier molecular flexibility index (Phi) is 1.84. The van der Waals surface area contributed by atoms with Gasteiger partial charge < -0.3 is 0 Å². The van der Waals surface area contributed by atoms with Gasteiger partial charge in [0.15, 0.2) is 0 Å². The first-order valence-corrected chi connectivity index (χ1v) is 4.24. The Balaban J connectivity index is 2.16. The minimum Gasteiger partial charge on any atom is -0.159 e. The molecule has 0 atom stereocenters. The predicted octanol–water partition coefficient (Wildman–Crippen LogP) is 2.13. The van der Waals surface area contributed by atoms with Crippen LogP contribution in [-0.4, -0.2) is 10.2 Å². The summed E-state index contributed by atoms with van der Waals surface area (Å²) < 4.78 is 0. The van der Waals surface area contributed by atoms with Gasteiger partial charge in [0.25, 0.3) is 0 Å². The van der Waals surface area contributed by atoms with Crippen LogP contribution in [0.5, 0.6) is 0 Å². The molecule has 1 aromatic rings. The Morgan fingerprint density at radius 1 is 1.27 bits per heavy atom. The van der Waals surface area contributed by atoms with E-state index in [1.54, 1.807) is 6.20 Å². The molecule has 1 aromatic heterocycles. The third kappa shape index (κ3) is 1.39. The monoisotopic (exact) mass is 148 g/mol. The molecule has 0 aromatic carbocycles. The van der Waals surface area contributed by atoms with Gasteiger partial charge in [-0.1, -0.05) is 12.8 Å². The van der Waals surface area contributed by atoms with Crippen molar-refractivity contribution in [3.8, 4) is 0 Å². The second-order valence-electron chi connectivity index (χ2n) is 3.13. The summed E-state index contributed by atoms with van der Waals surface area (Å²) in [6.07, 6.45) is 7.07. The normalized spacial score (nSPS) is 18.9. The Bertz CT molecular complexity index is 214. The van der Waals surface area contributed by atoms with E-state index in [0.717, 1.165) is 0 Å². The van der Waals surface area contributed by atoms with Crippen LogP contribution in [0.4, 0.5) is 0 Å². The Hall–Kier alpha value is -0.920. The molecule has 1 aliphatic carbocycles.